The van der Waals surface area contributed by atoms with Gasteiger partial charge in [0.05, 0.1) is 5.69 Å². The van der Waals surface area contributed by atoms with Crippen LogP contribution in [0.5, 0.6) is 0 Å². The third kappa shape index (κ3) is 2.36. The van der Waals surface area contributed by atoms with Gasteiger partial charge in [0.1, 0.15) is 11.3 Å². The van der Waals surface area contributed by atoms with Crippen LogP contribution in [0.3, 0.4) is 0 Å². The van der Waals surface area contributed by atoms with Gasteiger partial charge in [0.2, 0.25) is 0 Å². The summed E-state index contributed by atoms with van der Waals surface area (Å²) in [4.78, 5) is 3.78. The van der Waals surface area contributed by atoms with Crippen molar-refractivity contribution < 1.29 is 13.9 Å². The Hall–Kier alpha value is -1.07. The van der Waals surface area contributed by atoms with Crippen molar-refractivity contribution in [3.8, 4) is 0 Å². The lowest BCUT2D eigenvalue weighted by molar-refractivity contribution is -0.171. The van der Waals surface area contributed by atoms with Gasteiger partial charge < -0.3 is 10.8 Å². The van der Waals surface area contributed by atoms with Gasteiger partial charge in [-0.3, -0.25) is 0 Å². The van der Waals surface area contributed by atoms with Crippen LogP contribution in [-0.2, 0) is 5.92 Å². The molecule has 1 aromatic rings. The van der Waals surface area contributed by atoms with Gasteiger partial charge in [-0.25, -0.2) is 4.98 Å². The molecule has 1 aromatic heterocycles. The number of alkyl halides is 2. The molecule has 16 heavy (non-hydrogen) atoms. The van der Waals surface area contributed by atoms with Crippen molar-refractivity contribution in [1.29, 1.82) is 0 Å². The third-order valence-corrected chi connectivity index (χ3v) is 2.33. The van der Waals surface area contributed by atoms with Crippen LogP contribution in [0.2, 0.25) is 0 Å². The molecule has 0 fully saturated rings. The smallest absolute Gasteiger partial charge is 0.317 e. The molecule has 0 saturated heterocycles. The first-order chi connectivity index (χ1) is 7.16. The highest BCUT2D eigenvalue weighted by Gasteiger charge is 2.48. The highest BCUT2D eigenvalue weighted by Crippen LogP contribution is 2.37. The second-order valence-electron chi connectivity index (χ2n) is 4.37. The number of pyridine rings is 1. The molecular formula is C11H16F2N2O. The summed E-state index contributed by atoms with van der Waals surface area (Å²) in [5.41, 5.74) is 3.32. The molecule has 5 heteroatoms. The van der Waals surface area contributed by atoms with Gasteiger partial charge in [-0.15, -0.1) is 0 Å². The maximum Gasteiger partial charge on any atom is 0.317 e. The molecular weight excluding hydrogens is 214 g/mol. The summed E-state index contributed by atoms with van der Waals surface area (Å²) in [5.74, 6) is -3.40. The number of hydrogen-bond acceptors (Lipinski definition) is 3. The SMILES string of the molecule is CC(N)c1cccc(C(F)(F)C(C)(C)O)n1. The maximum absolute atomic E-state index is 13.8. The van der Waals surface area contributed by atoms with Crippen molar-refractivity contribution in [2.75, 3.05) is 0 Å². The van der Waals surface area contributed by atoms with E-state index in [0.29, 0.717) is 5.69 Å². The average molecular weight is 230 g/mol. The van der Waals surface area contributed by atoms with Crippen LogP contribution in [0, 0.1) is 0 Å². The van der Waals surface area contributed by atoms with Crippen LogP contribution in [0.15, 0.2) is 18.2 Å². The van der Waals surface area contributed by atoms with Crippen molar-refractivity contribution in [2.24, 2.45) is 5.73 Å². The predicted octanol–water partition coefficient (Wildman–Crippen LogP) is 1.96. The zero-order valence-corrected chi connectivity index (χ0v) is 9.54. The minimum absolute atomic E-state index is 0.376. The first-order valence-electron chi connectivity index (χ1n) is 4.99. The van der Waals surface area contributed by atoms with Gasteiger partial charge in [-0.2, -0.15) is 8.78 Å². The van der Waals surface area contributed by atoms with E-state index in [4.69, 9.17) is 5.73 Å². The molecule has 0 aliphatic carbocycles. The van der Waals surface area contributed by atoms with Crippen molar-refractivity contribution >= 4 is 0 Å². The molecule has 1 heterocycles. The van der Waals surface area contributed by atoms with E-state index in [1.807, 2.05) is 0 Å². The zero-order valence-electron chi connectivity index (χ0n) is 9.54. The van der Waals surface area contributed by atoms with E-state index in [0.717, 1.165) is 13.8 Å². The standard InChI is InChI=1S/C11H16F2N2O/c1-7(14)8-5-4-6-9(15-8)11(12,13)10(2,3)16/h4-7,16H,14H2,1-3H3. The molecule has 0 saturated carbocycles. The second-order valence-corrected chi connectivity index (χ2v) is 4.37. The minimum atomic E-state index is -3.40. The molecule has 1 rings (SSSR count). The van der Waals surface area contributed by atoms with Gasteiger partial charge in [0.15, 0.2) is 0 Å². The minimum Gasteiger partial charge on any atom is -0.384 e. The number of rotatable bonds is 3. The summed E-state index contributed by atoms with van der Waals surface area (Å²) in [7, 11) is 0. The first kappa shape index (κ1) is 13.0. The molecule has 0 radical (unpaired) electrons. The van der Waals surface area contributed by atoms with Crippen molar-refractivity contribution in [3.63, 3.8) is 0 Å². The highest BCUT2D eigenvalue weighted by atomic mass is 19.3. The Bertz CT molecular complexity index is 372. The van der Waals surface area contributed by atoms with Crippen LogP contribution in [0.25, 0.3) is 0 Å². The van der Waals surface area contributed by atoms with Gasteiger partial charge in [0.25, 0.3) is 0 Å². The Balaban J connectivity index is 3.19. The van der Waals surface area contributed by atoms with Gasteiger partial charge >= 0.3 is 5.92 Å². The van der Waals surface area contributed by atoms with Crippen LogP contribution in [-0.4, -0.2) is 15.7 Å². The Morgan fingerprint density at radius 2 is 1.94 bits per heavy atom. The van der Waals surface area contributed by atoms with Crippen molar-refractivity contribution in [3.05, 3.63) is 29.6 Å². The number of nitrogens with two attached hydrogens (primary N) is 1. The van der Waals surface area contributed by atoms with Crippen LogP contribution in [0.4, 0.5) is 8.78 Å². The summed E-state index contributed by atoms with van der Waals surface area (Å²) in [6.07, 6.45) is 0. The zero-order chi connectivity index (χ0) is 12.6. The Labute approximate surface area is 93.3 Å². The maximum atomic E-state index is 13.8. The van der Waals surface area contributed by atoms with Crippen molar-refractivity contribution in [2.45, 2.75) is 38.3 Å². The van der Waals surface area contributed by atoms with Crippen LogP contribution < -0.4 is 5.73 Å². The molecule has 0 amide bonds. The molecule has 0 bridgehead atoms. The van der Waals surface area contributed by atoms with Gasteiger partial charge in [-0.1, -0.05) is 6.07 Å². The fourth-order valence-corrected chi connectivity index (χ4v) is 1.19. The van der Waals surface area contributed by atoms with E-state index in [2.05, 4.69) is 4.98 Å². The number of aliphatic hydroxyl groups is 1. The molecule has 1 atom stereocenters. The lowest BCUT2D eigenvalue weighted by Gasteiger charge is -2.28. The third-order valence-electron chi connectivity index (χ3n) is 2.33. The quantitative estimate of drug-likeness (QED) is 0.834. The molecule has 90 valence electrons. The molecule has 0 aliphatic rings. The van der Waals surface area contributed by atoms with E-state index in [1.165, 1.54) is 12.1 Å². The summed E-state index contributed by atoms with van der Waals surface area (Å²) < 4.78 is 27.5. The number of hydrogen-bond donors (Lipinski definition) is 2. The van der Waals surface area contributed by atoms with Gasteiger partial charge in [0, 0.05) is 6.04 Å². The molecule has 0 aliphatic heterocycles. The molecule has 1 unspecified atom stereocenters. The fraction of sp³-hybridized carbons (Fsp3) is 0.545. The van der Waals surface area contributed by atoms with Crippen molar-refractivity contribution in [1.82, 2.24) is 4.98 Å². The summed E-state index contributed by atoms with van der Waals surface area (Å²) in [6, 6.07) is 3.80. The highest BCUT2D eigenvalue weighted by molar-refractivity contribution is 5.19. The normalized spacial score (nSPS) is 14.9. The number of nitrogens with zero attached hydrogens (tertiary/aromatic N) is 1. The second kappa shape index (κ2) is 4.07. The van der Waals surface area contributed by atoms with E-state index in [-0.39, 0.29) is 0 Å². The Morgan fingerprint density at radius 1 is 1.38 bits per heavy atom. The molecule has 0 spiro atoms. The fourth-order valence-electron chi connectivity index (χ4n) is 1.19. The van der Waals surface area contributed by atoms with Crippen LogP contribution in [0.1, 0.15) is 38.2 Å². The average Bonchev–Trinajstić information content (AvgIpc) is 2.16. The Morgan fingerprint density at radius 3 is 2.38 bits per heavy atom. The molecule has 3 nitrogen and oxygen atoms in total. The summed E-state index contributed by atoms with van der Waals surface area (Å²) in [5, 5.41) is 9.41. The molecule has 0 aromatic carbocycles. The monoisotopic (exact) mass is 230 g/mol. The van der Waals surface area contributed by atoms with Gasteiger partial charge in [-0.05, 0) is 32.9 Å². The summed E-state index contributed by atoms with van der Waals surface area (Å²) in [6.45, 7) is 3.76. The number of aromatic nitrogens is 1. The topological polar surface area (TPSA) is 59.1 Å². The van der Waals surface area contributed by atoms with E-state index in [9.17, 15) is 13.9 Å². The van der Waals surface area contributed by atoms with E-state index >= 15 is 0 Å². The van der Waals surface area contributed by atoms with E-state index in [1.54, 1.807) is 13.0 Å². The lowest BCUT2D eigenvalue weighted by Crippen LogP contribution is -2.41. The first-order valence-corrected chi connectivity index (χ1v) is 4.99. The van der Waals surface area contributed by atoms with E-state index < -0.39 is 23.3 Å². The predicted molar refractivity (Wildman–Crippen MR) is 57.0 cm³/mol. The largest absolute Gasteiger partial charge is 0.384 e. The summed E-state index contributed by atoms with van der Waals surface area (Å²) >= 11 is 0. The number of halogens is 2. The Kier molecular flexibility index (Phi) is 3.30. The lowest BCUT2D eigenvalue weighted by atomic mass is 9.97. The molecule has 3 N–H and O–H groups in total. The van der Waals surface area contributed by atoms with Crippen LogP contribution >= 0.6 is 0 Å².